The number of carbonyl (C=O) groups excluding carboxylic acids is 1. The number of hydrogen-bond donors (Lipinski definition) is 0. The molecule has 0 spiro atoms. The van der Waals surface area contributed by atoms with Crippen LogP contribution in [-0.2, 0) is 23.0 Å². The van der Waals surface area contributed by atoms with E-state index in [2.05, 4.69) is 5.10 Å². The molecule has 1 heterocycles. The standard InChI is InChI=1S/C12H19ClN2O2/c1-5-11(17-6-2)10(16)7-9-8(3)14-15(4)12(9)13/h11H,5-7H2,1-4H3. The van der Waals surface area contributed by atoms with Crippen molar-refractivity contribution in [3.8, 4) is 0 Å². The second kappa shape index (κ2) is 6.17. The Bertz CT molecular complexity index is 401. The number of aromatic nitrogens is 2. The van der Waals surface area contributed by atoms with Gasteiger partial charge in [-0.1, -0.05) is 18.5 Å². The van der Waals surface area contributed by atoms with Crippen molar-refractivity contribution < 1.29 is 9.53 Å². The Morgan fingerprint density at radius 2 is 2.18 bits per heavy atom. The minimum atomic E-state index is -0.337. The predicted molar refractivity (Wildman–Crippen MR) is 67.4 cm³/mol. The molecule has 0 saturated heterocycles. The lowest BCUT2D eigenvalue weighted by Gasteiger charge is -2.13. The number of hydrogen-bond acceptors (Lipinski definition) is 3. The van der Waals surface area contributed by atoms with E-state index in [1.54, 1.807) is 11.7 Å². The van der Waals surface area contributed by atoms with Crippen LogP contribution in [0.4, 0.5) is 0 Å². The molecule has 5 heteroatoms. The SMILES string of the molecule is CCOC(CC)C(=O)Cc1c(C)nn(C)c1Cl. The van der Waals surface area contributed by atoms with Crippen molar-refractivity contribution in [1.82, 2.24) is 9.78 Å². The molecule has 1 aromatic heterocycles. The molecular formula is C12H19ClN2O2. The van der Waals surface area contributed by atoms with Gasteiger partial charge in [-0.25, -0.2) is 0 Å². The zero-order valence-electron chi connectivity index (χ0n) is 10.8. The topological polar surface area (TPSA) is 44.1 Å². The second-order valence-electron chi connectivity index (χ2n) is 3.97. The van der Waals surface area contributed by atoms with Gasteiger partial charge in [0.2, 0.25) is 0 Å². The van der Waals surface area contributed by atoms with Gasteiger partial charge in [-0.15, -0.1) is 0 Å². The first-order valence-corrected chi connectivity index (χ1v) is 6.21. The monoisotopic (exact) mass is 258 g/mol. The fraction of sp³-hybridized carbons (Fsp3) is 0.667. The van der Waals surface area contributed by atoms with E-state index >= 15 is 0 Å². The normalized spacial score (nSPS) is 12.8. The molecule has 0 aliphatic carbocycles. The highest BCUT2D eigenvalue weighted by molar-refractivity contribution is 6.30. The maximum atomic E-state index is 12.0. The minimum absolute atomic E-state index is 0.0624. The third-order valence-corrected chi connectivity index (χ3v) is 3.19. The van der Waals surface area contributed by atoms with Crippen LogP contribution in [-0.4, -0.2) is 28.3 Å². The number of halogens is 1. The Labute approximate surface area is 107 Å². The summed E-state index contributed by atoms with van der Waals surface area (Å²) in [6.07, 6.45) is 0.635. The summed E-state index contributed by atoms with van der Waals surface area (Å²) in [6.45, 7) is 6.23. The molecule has 0 fully saturated rings. The van der Waals surface area contributed by atoms with E-state index in [1.165, 1.54) is 0 Å². The molecule has 1 atom stereocenters. The minimum Gasteiger partial charge on any atom is -0.371 e. The van der Waals surface area contributed by atoms with E-state index in [4.69, 9.17) is 16.3 Å². The maximum absolute atomic E-state index is 12.0. The van der Waals surface area contributed by atoms with Crippen LogP contribution in [0.3, 0.4) is 0 Å². The number of ether oxygens (including phenoxy) is 1. The highest BCUT2D eigenvalue weighted by Crippen LogP contribution is 2.20. The maximum Gasteiger partial charge on any atom is 0.166 e. The fourth-order valence-corrected chi connectivity index (χ4v) is 2.04. The van der Waals surface area contributed by atoms with Gasteiger partial charge in [0.15, 0.2) is 5.78 Å². The lowest BCUT2D eigenvalue weighted by atomic mass is 10.0. The highest BCUT2D eigenvalue weighted by Gasteiger charge is 2.21. The molecule has 0 amide bonds. The summed E-state index contributed by atoms with van der Waals surface area (Å²) >= 11 is 6.09. The van der Waals surface area contributed by atoms with E-state index in [0.717, 1.165) is 11.3 Å². The Balaban J connectivity index is 2.80. The van der Waals surface area contributed by atoms with Crippen molar-refractivity contribution in [2.24, 2.45) is 7.05 Å². The van der Waals surface area contributed by atoms with Crippen LogP contribution in [0.1, 0.15) is 31.5 Å². The van der Waals surface area contributed by atoms with Crippen molar-refractivity contribution in [2.45, 2.75) is 39.7 Å². The Morgan fingerprint density at radius 3 is 2.59 bits per heavy atom. The molecule has 0 N–H and O–H groups in total. The van der Waals surface area contributed by atoms with Gasteiger partial charge in [0.25, 0.3) is 0 Å². The summed E-state index contributed by atoms with van der Waals surface area (Å²) in [5.41, 5.74) is 1.61. The summed E-state index contributed by atoms with van der Waals surface area (Å²) in [5, 5.41) is 4.72. The highest BCUT2D eigenvalue weighted by atomic mass is 35.5. The largest absolute Gasteiger partial charge is 0.371 e. The first kappa shape index (κ1) is 14.2. The molecule has 1 aromatic rings. The van der Waals surface area contributed by atoms with E-state index in [-0.39, 0.29) is 18.3 Å². The molecule has 1 unspecified atom stereocenters. The van der Waals surface area contributed by atoms with Gasteiger partial charge in [0.05, 0.1) is 5.69 Å². The summed E-state index contributed by atoms with van der Waals surface area (Å²) in [6, 6.07) is 0. The third kappa shape index (κ3) is 3.30. The Hall–Kier alpha value is -0.870. The molecule has 0 saturated carbocycles. The fourth-order valence-electron chi connectivity index (χ4n) is 1.80. The predicted octanol–water partition coefficient (Wildman–Crippen LogP) is 2.31. The van der Waals surface area contributed by atoms with Crippen LogP contribution < -0.4 is 0 Å². The smallest absolute Gasteiger partial charge is 0.166 e. The molecule has 0 bridgehead atoms. The van der Waals surface area contributed by atoms with Gasteiger partial charge < -0.3 is 4.74 Å². The molecule has 0 aliphatic heterocycles. The number of aryl methyl sites for hydroxylation is 2. The summed E-state index contributed by atoms with van der Waals surface area (Å²) in [7, 11) is 1.77. The Kier molecular flexibility index (Phi) is 5.15. The number of rotatable bonds is 6. The van der Waals surface area contributed by atoms with Crippen molar-refractivity contribution in [1.29, 1.82) is 0 Å². The van der Waals surface area contributed by atoms with E-state index in [1.807, 2.05) is 20.8 Å². The average molecular weight is 259 g/mol. The van der Waals surface area contributed by atoms with E-state index in [9.17, 15) is 4.79 Å². The quantitative estimate of drug-likeness (QED) is 0.787. The van der Waals surface area contributed by atoms with Crippen molar-refractivity contribution in [2.75, 3.05) is 6.61 Å². The van der Waals surface area contributed by atoms with Gasteiger partial charge >= 0.3 is 0 Å². The van der Waals surface area contributed by atoms with E-state index < -0.39 is 0 Å². The number of nitrogens with zero attached hydrogens (tertiary/aromatic N) is 2. The number of Topliss-reactive ketones (excluding diaryl/α,β-unsaturated/α-hetero) is 1. The molecule has 0 aliphatic rings. The molecule has 0 aromatic carbocycles. The van der Waals surface area contributed by atoms with Crippen molar-refractivity contribution in [3.63, 3.8) is 0 Å². The van der Waals surface area contributed by atoms with Crippen LogP contribution >= 0.6 is 11.6 Å². The van der Waals surface area contributed by atoms with Gasteiger partial charge in [0, 0.05) is 25.6 Å². The molecule has 4 nitrogen and oxygen atoms in total. The van der Waals surface area contributed by atoms with Gasteiger partial charge in [-0.2, -0.15) is 5.10 Å². The summed E-state index contributed by atoms with van der Waals surface area (Å²) in [4.78, 5) is 12.0. The second-order valence-corrected chi connectivity index (χ2v) is 4.33. The zero-order valence-corrected chi connectivity index (χ0v) is 11.5. The molecule has 1 rings (SSSR count). The van der Waals surface area contributed by atoms with Gasteiger partial charge in [0.1, 0.15) is 11.3 Å². The van der Waals surface area contributed by atoms with Crippen LogP contribution in [0, 0.1) is 6.92 Å². The average Bonchev–Trinajstić information content (AvgIpc) is 2.52. The summed E-state index contributed by atoms with van der Waals surface area (Å²) < 4.78 is 6.98. The lowest BCUT2D eigenvalue weighted by molar-refractivity contribution is -0.129. The van der Waals surface area contributed by atoms with Gasteiger partial charge in [-0.05, 0) is 20.3 Å². The summed E-state index contributed by atoms with van der Waals surface area (Å²) in [5.74, 6) is 0.0624. The zero-order chi connectivity index (χ0) is 13.0. The first-order chi connectivity index (χ1) is 8.01. The lowest BCUT2D eigenvalue weighted by Crippen LogP contribution is -2.25. The molecular weight excluding hydrogens is 240 g/mol. The molecule has 96 valence electrons. The first-order valence-electron chi connectivity index (χ1n) is 5.83. The third-order valence-electron chi connectivity index (χ3n) is 2.72. The van der Waals surface area contributed by atoms with Crippen LogP contribution in [0.25, 0.3) is 0 Å². The Morgan fingerprint density at radius 1 is 1.53 bits per heavy atom. The van der Waals surface area contributed by atoms with Crippen LogP contribution in [0.2, 0.25) is 5.15 Å². The van der Waals surface area contributed by atoms with Crippen molar-refractivity contribution in [3.05, 3.63) is 16.4 Å². The van der Waals surface area contributed by atoms with E-state index in [0.29, 0.717) is 18.2 Å². The van der Waals surface area contributed by atoms with Crippen molar-refractivity contribution >= 4 is 17.4 Å². The van der Waals surface area contributed by atoms with Crippen LogP contribution in [0.5, 0.6) is 0 Å². The van der Waals surface area contributed by atoms with Gasteiger partial charge in [-0.3, -0.25) is 9.48 Å². The van der Waals surface area contributed by atoms with Crippen LogP contribution in [0.15, 0.2) is 0 Å². The molecule has 17 heavy (non-hydrogen) atoms. The number of carbonyl (C=O) groups is 1. The molecule has 0 radical (unpaired) electrons. The number of ketones is 1.